The zero-order chi connectivity index (χ0) is 15.3. The summed E-state index contributed by atoms with van der Waals surface area (Å²) in [5, 5.41) is 9.02. The Morgan fingerprint density at radius 3 is 2.62 bits per heavy atom. The summed E-state index contributed by atoms with van der Waals surface area (Å²) in [7, 11) is 1.58. The van der Waals surface area contributed by atoms with Crippen molar-refractivity contribution >= 4 is 16.9 Å². The Morgan fingerprint density at radius 2 is 1.95 bits per heavy atom. The number of rotatable bonds is 3. The Hall–Kier alpha value is -2.35. The number of fused-ring (bicyclic) bond motifs is 3. The van der Waals surface area contributed by atoms with Gasteiger partial charge in [-0.1, -0.05) is 0 Å². The van der Waals surface area contributed by atoms with Crippen LogP contribution in [0.4, 0.5) is 0 Å². The molecule has 0 bridgehead atoms. The summed E-state index contributed by atoms with van der Waals surface area (Å²) in [5.41, 5.74) is 1.69. The first-order chi connectivity index (χ1) is 9.97. The Labute approximate surface area is 119 Å². The molecule has 3 heterocycles. The number of hydrogen-bond donors (Lipinski definition) is 2. The van der Waals surface area contributed by atoms with Crippen molar-refractivity contribution in [1.29, 1.82) is 0 Å². The van der Waals surface area contributed by atoms with Crippen LogP contribution in [-0.4, -0.2) is 35.2 Å². The monoisotopic (exact) mass is 291 g/mol. The molecule has 112 valence electrons. The highest BCUT2D eigenvalue weighted by atomic mass is 16.3. The average Bonchev–Trinajstić information content (AvgIpc) is 2.93. The van der Waals surface area contributed by atoms with Gasteiger partial charge in [0.25, 0.3) is 5.56 Å². The summed E-state index contributed by atoms with van der Waals surface area (Å²) in [6, 6.07) is 0. The van der Waals surface area contributed by atoms with Gasteiger partial charge in [0.05, 0.1) is 0 Å². The van der Waals surface area contributed by atoms with Crippen LogP contribution in [0.1, 0.15) is 17.8 Å². The van der Waals surface area contributed by atoms with E-state index in [-0.39, 0.29) is 6.61 Å². The van der Waals surface area contributed by atoms with Crippen molar-refractivity contribution in [2.45, 2.75) is 26.8 Å². The first-order valence-corrected chi connectivity index (χ1v) is 6.75. The maximum atomic E-state index is 12.1. The summed E-state index contributed by atoms with van der Waals surface area (Å²) in [5.74, 6) is 0.611. The van der Waals surface area contributed by atoms with Crippen molar-refractivity contribution in [3.05, 3.63) is 32.2 Å². The fourth-order valence-corrected chi connectivity index (χ4v) is 2.67. The van der Waals surface area contributed by atoms with Crippen LogP contribution >= 0.6 is 0 Å². The third kappa shape index (κ3) is 1.75. The first-order valence-electron chi connectivity index (χ1n) is 6.75. The summed E-state index contributed by atoms with van der Waals surface area (Å²) in [4.78, 5) is 30.6. The van der Waals surface area contributed by atoms with Gasteiger partial charge in [-0.15, -0.1) is 0 Å². The summed E-state index contributed by atoms with van der Waals surface area (Å²) in [6.45, 7) is 4.55. The van der Waals surface area contributed by atoms with Gasteiger partial charge in [0.2, 0.25) is 5.78 Å². The molecule has 8 heteroatoms. The molecule has 0 saturated carbocycles. The summed E-state index contributed by atoms with van der Waals surface area (Å²) < 4.78 is 5.05. The number of aromatic amines is 1. The number of aliphatic hydroxyl groups excluding tert-OH is 1. The lowest BCUT2D eigenvalue weighted by atomic mass is 10.3. The lowest BCUT2D eigenvalue weighted by molar-refractivity contribution is 0.280. The number of nitrogens with one attached hydrogen (secondary N) is 1. The van der Waals surface area contributed by atoms with E-state index >= 15 is 0 Å². The highest BCUT2D eigenvalue weighted by molar-refractivity contribution is 5.76. The lowest BCUT2D eigenvalue weighted by Crippen LogP contribution is -2.28. The fourth-order valence-electron chi connectivity index (χ4n) is 2.67. The van der Waals surface area contributed by atoms with E-state index in [1.165, 1.54) is 4.57 Å². The maximum Gasteiger partial charge on any atom is 0.329 e. The minimum absolute atomic E-state index is 0.0854. The van der Waals surface area contributed by atoms with E-state index in [4.69, 9.17) is 5.11 Å². The molecule has 0 radical (unpaired) electrons. The van der Waals surface area contributed by atoms with E-state index in [9.17, 15) is 9.59 Å². The lowest BCUT2D eigenvalue weighted by Gasteiger charge is -2.04. The molecule has 3 rings (SSSR count). The minimum Gasteiger partial charge on any atom is -0.396 e. The number of hydrogen-bond acceptors (Lipinski definition) is 4. The van der Waals surface area contributed by atoms with E-state index in [1.807, 2.05) is 18.4 Å². The highest BCUT2D eigenvalue weighted by Gasteiger charge is 2.19. The van der Waals surface area contributed by atoms with Gasteiger partial charge < -0.3 is 9.67 Å². The van der Waals surface area contributed by atoms with Crippen LogP contribution in [0.3, 0.4) is 0 Å². The largest absolute Gasteiger partial charge is 0.396 e. The van der Waals surface area contributed by atoms with Gasteiger partial charge in [0.1, 0.15) is 0 Å². The van der Waals surface area contributed by atoms with Crippen LogP contribution in [0.2, 0.25) is 0 Å². The third-order valence-electron chi connectivity index (χ3n) is 3.94. The predicted octanol–water partition coefficient (Wildman–Crippen LogP) is -0.325. The molecule has 0 saturated heterocycles. The number of aryl methyl sites for hydroxylation is 3. The SMILES string of the molecule is Cc1c(C)n2c3c(=O)[nH]c(=O)n(C)c3nc2n1CCCO. The van der Waals surface area contributed by atoms with Crippen LogP contribution in [0, 0.1) is 13.8 Å². The maximum absolute atomic E-state index is 12.1. The second-order valence-electron chi connectivity index (χ2n) is 5.14. The molecular weight excluding hydrogens is 274 g/mol. The molecule has 2 N–H and O–H groups in total. The number of imidazole rings is 2. The zero-order valence-electron chi connectivity index (χ0n) is 12.2. The van der Waals surface area contributed by atoms with Crippen molar-refractivity contribution in [3.8, 4) is 0 Å². The molecule has 8 nitrogen and oxygen atoms in total. The molecule has 0 aromatic carbocycles. The van der Waals surface area contributed by atoms with Crippen molar-refractivity contribution in [3.63, 3.8) is 0 Å². The number of nitrogens with zero attached hydrogens (tertiary/aromatic N) is 4. The Bertz CT molecular complexity index is 956. The van der Waals surface area contributed by atoms with Gasteiger partial charge >= 0.3 is 5.69 Å². The average molecular weight is 291 g/mol. The molecule has 3 aromatic heterocycles. The number of H-pyrrole nitrogens is 1. The van der Waals surface area contributed by atoms with Crippen LogP contribution in [0.25, 0.3) is 16.9 Å². The highest BCUT2D eigenvalue weighted by Crippen LogP contribution is 2.20. The van der Waals surface area contributed by atoms with E-state index < -0.39 is 11.2 Å². The van der Waals surface area contributed by atoms with Gasteiger partial charge in [-0.2, -0.15) is 4.98 Å². The van der Waals surface area contributed by atoms with E-state index in [2.05, 4.69) is 9.97 Å². The van der Waals surface area contributed by atoms with Gasteiger partial charge in [0.15, 0.2) is 11.2 Å². The van der Waals surface area contributed by atoms with Crippen LogP contribution in [0.15, 0.2) is 9.59 Å². The smallest absolute Gasteiger partial charge is 0.329 e. The number of aromatic nitrogens is 5. The molecule has 0 fully saturated rings. The molecular formula is C13H17N5O3. The normalized spacial score (nSPS) is 11.8. The Morgan fingerprint density at radius 1 is 1.24 bits per heavy atom. The van der Waals surface area contributed by atoms with Gasteiger partial charge in [0, 0.05) is 31.6 Å². The van der Waals surface area contributed by atoms with Gasteiger partial charge in [-0.05, 0) is 20.3 Å². The topological polar surface area (TPSA) is 97.3 Å². The zero-order valence-corrected chi connectivity index (χ0v) is 12.2. The van der Waals surface area contributed by atoms with Crippen molar-refractivity contribution in [2.24, 2.45) is 7.05 Å². The molecule has 0 amide bonds. The molecule has 21 heavy (non-hydrogen) atoms. The Balaban J connectivity index is 2.49. The van der Waals surface area contributed by atoms with Gasteiger partial charge in [-0.3, -0.25) is 18.7 Å². The first kappa shape index (κ1) is 13.6. The quantitative estimate of drug-likeness (QED) is 0.691. The summed E-state index contributed by atoms with van der Waals surface area (Å²) >= 11 is 0. The van der Waals surface area contributed by atoms with E-state index in [0.717, 1.165) is 11.4 Å². The Kier molecular flexibility index (Phi) is 2.98. The van der Waals surface area contributed by atoms with Gasteiger partial charge in [-0.25, -0.2) is 4.79 Å². The van der Waals surface area contributed by atoms with E-state index in [1.54, 1.807) is 11.4 Å². The van der Waals surface area contributed by atoms with Crippen LogP contribution < -0.4 is 11.2 Å². The van der Waals surface area contributed by atoms with Crippen molar-refractivity contribution in [2.75, 3.05) is 6.61 Å². The molecule has 3 aromatic rings. The van der Waals surface area contributed by atoms with Crippen molar-refractivity contribution in [1.82, 2.24) is 23.5 Å². The number of aliphatic hydroxyl groups is 1. The molecule has 0 aliphatic carbocycles. The van der Waals surface area contributed by atoms with Crippen molar-refractivity contribution < 1.29 is 5.11 Å². The molecule has 0 aliphatic heterocycles. The summed E-state index contributed by atoms with van der Waals surface area (Å²) in [6.07, 6.45) is 0.600. The molecule has 0 unspecified atom stereocenters. The minimum atomic E-state index is -0.482. The standard InChI is InChI=1S/C13H17N5O3/c1-7-8(2)18-9-10(16(3)13(21)15-11(9)20)14-12(18)17(7)5-4-6-19/h19H,4-6H2,1-3H3,(H,15,20,21). The predicted molar refractivity (Wildman–Crippen MR) is 77.7 cm³/mol. The molecule has 0 spiro atoms. The van der Waals surface area contributed by atoms with Crippen LogP contribution in [-0.2, 0) is 13.6 Å². The molecule has 0 aliphatic rings. The third-order valence-corrected chi connectivity index (χ3v) is 3.94. The van der Waals surface area contributed by atoms with Crippen LogP contribution in [0.5, 0.6) is 0 Å². The van der Waals surface area contributed by atoms with E-state index in [0.29, 0.717) is 29.9 Å². The second kappa shape index (κ2) is 4.59. The fraction of sp³-hybridized carbons (Fsp3) is 0.462. The molecule has 0 atom stereocenters. The second-order valence-corrected chi connectivity index (χ2v) is 5.14.